The van der Waals surface area contributed by atoms with Gasteiger partial charge in [-0.1, -0.05) is 31.4 Å². The number of nitrogens with zero attached hydrogens (tertiary/aromatic N) is 2. The van der Waals surface area contributed by atoms with Gasteiger partial charge in [0.25, 0.3) is 5.91 Å². The smallest absolute Gasteiger partial charge is 0.335 e. The minimum atomic E-state index is -1.34. The van der Waals surface area contributed by atoms with E-state index >= 15 is 0 Å². The van der Waals surface area contributed by atoms with Gasteiger partial charge >= 0.3 is 5.97 Å². The predicted molar refractivity (Wildman–Crippen MR) is 125 cm³/mol. The van der Waals surface area contributed by atoms with Crippen LogP contribution in [-0.4, -0.2) is 81.4 Å². The lowest BCUT2D eigenvalue weighted by Gasteiger charge is -2.40. The first-order valence-electron chi connectivity index (χ1n) is 12.6. The molecule has 1 aromatic rings. The molecule has 2 aliphatic heterocycles. The van der Waals surface area contributed by atoms with Crippen LogP contribution < -0.4 is 0 Å². The Morgan fingerprint density at radius 3 is 2.39 bits per heavy atom. The van der Waals surface area contributed by atoms with E-state index in [0.29, 0.717) is 42.6 Å². The summed E-state index contributed by atoms with van der Waals surface area (Å²) in [5.41, 5.74) is 1.47. The number of aliphatic hydroxyl groups excluding tert-OH is 2. The van der Waals surface area contributed by atoms with Gasteiger partial charge in [-0.3, -0.25) is 9.69 Å². The van der Waals surface area contributed by atoms with Crippen molar-refractivity contribution in [3.05, 3.63) is 35.4 Å². The van der Waals surface area contributed by atoms with Gasteiger partial charge in [0.2, 0.25) is 0 Å². The van der Waals surface area contributed by atoms with Crippen LogP contribution in [0.4, 0.5) is 0 Å². The summed E-state index contributed by atoms with van der Waals surface area (Å²) in [4.78, 5) is 28.5. The maximum Gasteiger partial charge on any atom is 0.335 e. The van der Waals surface area contributed by atoms with Crippen molar-refractivity contribution < 1.29 is 24.9 Å². The van der Waals surface area contributed by atoms with Gasteiger partial charge in [0.15, 0.2) is 6.10 Å². The third-order valence-electron chi connectivity index (χ3n) is 8.09. The minimum Gasteiger partial charge on any atom is -0.478 e. The number of hydrogen-bond donors (Lipinski definition) is 3. The fourth-order valence-corrected chi connectivity index (χ4v) is 6.33. The van der Waals surface area contributed by atoms with Gasteiger partial charge in [-0.2, -0.15) is 0 Å². The Balaban J connectivity index is 1.38. The third-order valence-corrected chi connectivity index (χ3v) is 8.09. The summed E-state index contributed by atoms with van der Waals surface area (Å²) in [5, 5.41) is 28.7. The van der Waals surface area contributed by atoms with Crippen LogP contribution in [0.5, 0.6) is 0 Å². The molecule has 0 aromatic heterocycles. The number of benzene rings is 1. The van der Waals surface area contributed by atoms with Crippen LogP contribution in [0, 0.1) is 5.92 Å². The van der Waals surface area contributed by atoms with Crippen molar-refractivity contribution in [1.82, 2.24) is 9.80 Å². The van der Waals surface area contributed by atoms with Crippen molar-refractivity contribution in [1.29, 1.82) is 0 Å². The number of carbonyl (C=O) groups excluding carboxylic acids is 1. The molecule has 1 aromatic carbocycles. The van der Waals surface area contributed by atoms with Crippen LogP contribution in [0.2, 0.25) is 0 Å². The van der Waals surface area contributed by atoms with E-state index in [-0.39, 0.29) is 5.91 Å². The molecule has 3 N–H and O–H groups in total. The second-order valence-corrected chi connectivity index (χ2v) is 10.2. The number of fused-ring (bicyclic) bond motifs is 2. The van der Waals surface area contributed by atoms with E-state index in [2.05, 4.69) is 4.90 Å². The molecule has 1 amide bonds. The Morgan fingerprint density at radius 1 is 1.06 bits per heavy atom. The zero-order valence-corrected chi connectivity index (χ0v) is 19.4. The van der Waals surface area contributed by atoms with Crippen molar-refractivity contribution in [2.24, 2.45) is 5.92 Å². The Bertz CT molecular complexity index is 811. The van der Waals surface area contributed by atoms with Gasteiger partial charge in [-0.05, 0) is 68.1 Å². The molecule has 1 aliphatic carbocycles. The average molecular weight is 459 g/mol. The maximum absolute atomic E-state index is 12.8. The van der Waals surface area contributed by atoms with Crippen molar-refractivity contribution in [3.63, 3.8) is 0 Å². The summed E-state index contributed by atoms with van der Waals surface area (Å²) in [6.45, 7) is 1.50. The topological polar surface area (TPSA) is 101 Å². The highest BCUT2D eigenvalue weighted by atomic mass is 16.4. The normalized spacial score (nSPS) is 26.8. The summed E-state index contributed by atoms with van der Waals surface area (Å²) in [6.07, 6.45) is 8.88. The van der Waals surface area contributed by atoms with Crippen molar-refractivity contribution in [2.45, 2.75) is 81.9 Å². The van der Waals surface area contributed by atoms with Gasteiger partial charge in [-0.15, -0.1) is 0 Å². The minimum absolute atomic E-state index is 0.349. The Morgan fingerprint density at radius 2 is 1.76 bits per heavy atom. The van der Waals surface area contributed by atoms with E-state index in [9.17, 15) is 24.9 Å². The summed E-state index contributed by atoms with van der Waals surface area (Å²) in [5.74, 6) is -0.382. The Kier molecular flexibility index (Phi) is 8.04. The lowest BCUT2D eigenvalue weighted by molar-refractivity contribution is -0.143. The molecule has 0 unspecified atom stereocenters. The summed E-state index contributed by atoms with van der Waals surface area (Å²) < 4.78 is 0. The second-order valence-electron chi connectivity index (χ2n) is 10.2. The fraction of sp³-hybridized carbons (Fsp3) is 0.692. The number of piperidine rings is 1. The maximum atomic E-state index is 12.8. The molecule has 2 bridgehead atoms. The number of hydrogen-bond acceptors (Lipinski definition) is 5. The van der Waals surface area contributed by atoms with Crippen LogP contribution in [0.1, 0.15) is 79.6 Å². The van der Waals surface area contributed by atoms with Crippen LogP contribution in [0.25, 0.3) is 0 Å². The van der Waals surface area contributed by atoms with Gasteiger partial charge < -0.3 is 20.2 Å². The van der Waals surface area contributed by atoms with Gasteiger partial charge in [-0.25, -0.2) is 4.79 Å². The molecular formula is C26H38N2O5. The van der Waals surface area contributed by atoms with E-state index in [0.717, 1.165) is 50.6 Å². The Labute approximate surface area is 196 Å². The molecule has 2 saturated heterocycles. The monoisotopic (exact) mass is 458 g/mol. The quantitative estimate of drug-likeness (QED) is 0.526. The molecule has 0 radical (unpaired) electrons. The number of aromatic carboxylic acids is 1. The number of rotatable bonds is 9. The van der Waals surface area contributed by atoms with E-state index in [4.69, 9.17) is 0 Å². The predicted octanol–water partition coefficient (Wildman–Crippen LogP) is 2.86. The van der Waals surface area contributed by atoms with Gasteiger partial charge in [0.05, 0.1) is 12.2 Å². The molecule has 7 heteroatoms. The highest BCUT2D eigenvalue weighted by molar-refractivity contribution is 5.87. The summed E-state index contributed by atoms with van der Waals surface area (Å²) >= 11 is 0. The number of aliphatic hydroxyl groups is 2. The van der Waals surface area contributed by atoms with Crippen molar-refractivity contribution >= 4 is 11.9 Å². The van der Waals surface area contributed by atoms with E-state index in [1.54, 1.807) is 11.0 Å². The largest absolute Gasteiger partial charge is 0.478 e. The molecule has 182 valence electrons. The van der Waals surface area contributed by atoms with E-state index in [1.807, 2.05) is 18.2 Å². The number of carboxylic acids is 1. The fourth-order valence-electron chi connectivity index (χ4n) is 6.33. The Hall–Kier alpha value is -1.96. The first kappa shape index (κ1) is 24.2. The first-order valence-corrected chi connectivity index (χ1v) is 12.6. The van der Waals surface area contributed by atoms with Gasteiger partial charge in [0, 0.05) is 31.7 Å². The molecule has 7 nitrogen and oxygen atoms in total. The molecule has 3 fully saturated rings. The molecule has 0 spiro atoms. The number of amides is 1. The SMILES string of the molecule is O=C(O)c1cccc([C@H]2C[C@H]3CC[C@@H](C2)N3CCN(CC2CCCCC2)C(=O)[C@@H](O)CO)c1. The van der Waals surface area contributed by atoms with Gasteiger partial charge in [0.1, 0.15) is 0 Å². The molecule has 2 heterocycles. The highest BCUT2D eigenvalue weighted by Crippen LogP contribution is 2.43. The average Bonchev–Trinajstić information content (AvgIpc) is 3.07. The molecular weight excluding hydrogens is 420 g/mol. The second kappa shape index (κ2) is 11.0. The van der Waals surface area contributed by atoms with Crippen LogP contribution in [-0.2, 0) is 4.79 Å². The molecule has 4 rings (SSSR count). The summed E-state index contributed by atoms with van der Waals surface area (Å²) in [7, 11) is 0. The standard InChI is InChI=1S/C26H38N2O5/c29-17-24(30)25(31)27(16-18-5-2-1-3-6-18)11-12-28-22-9-10-23(28)15-21(14-22)19-7-4-8-20(13-19)26(32)33/h4,7-8,13,18,21-24,29-30H,1-3,5-6,9-12,14-17H2,(H,32,33)/t21-,22+,23-,24-/m0/s1. The van der Waals surface area contributed by atoms with Crippen molar-refractivity contribution in [3.8, 4) is 0 Å². The van der Waals surface area contributed by atoms with Crippen LogP contribution in [0.15, 0.2) is 24.3 Å². The molecule has 33 heavy (non-hydrogen) atoms. The lowest BCUT2D eigenvalue weighted by Crippen LogP contribution is -2.50. The number of carbonyl (C=O) groups is 2. The highest BCUT2D eigenvalue weighted by Gasteiger charge is 2.41. The third kappa shape index (κ3) is 5.76. The zero-order chi connectivity index (χ0) is 23.4. The first-order chi connectivity index (χ1) is 16.0. The molecule has 1 saturated carbocycles. The summed E-state index contributed by atoms with van der Waals surface area (Å²) in [6, 6.07) is 8.24. The van der Waals surface area contributed by atoms with Crippen LogP contribution in [0.3, 0.4) is 0 Å². The van der Waals surface area contributed by atoms with E-state index < -0.39 is 18.7 Å². The lowest BCUT2D eigenvalue weighted by atomic mass is 9.84. The van der Waals surface area contributed by atoms with E-state index in [1.165, 1.54) is 19.3 Å². The van der Waals surface area contributed by atoms with Crippen molar-refractivity contribution in [2.75, 3.05) is 26.2 Å². The molecule has 3 aliphatic rings. The molecule has 4 atom stereocenters. The number of carboxylic acid groups (broad SMARTS) is 1. The zero-order valence-electron chi connectivity index (χ0n) is 19.4. The van der Waals surface area contributed by atoms with Crippen LogP contribution >= 0.6 is 0 Å².